The maximum Gasteiger partial charge on any atom is 0.270 e. The van der Waals surface area contributed by atoms with E-state index in [9.17, 15) is 23.3 Å². The predicted molar refractivity (Wildman–Crippen MR) is 109 cm³/mol. The van der Waals surface area contributed by atoms with Crippen LogP contribution in [-0.2, 0) is 10.0 Å². The summed E-state index contributed by atoms with van der Waals surface area (Å²) in [6.07, 6.45) is 0. The van der Waals surface area contributed by atoms with Crippen LogP contribution in [0, 0.1) is 17.0 Å². The average molecular weight is 411 g/mol. The summed E-state index contributed by atoms with van der Waals surface area (Å²) in [6.45, 7) is 1.87. The Hall–Kier alpha value is -3.72. The molecule has 0 spiro atoms. The molecule has 0 radical (unpaired) electrons. The molecule has 8 nitrogen and oxygen atoms in total. The van der Waals surface area contributed by atoms with Crippen molar-refractivity contribution < 1.29 is 18.1 Å². The molecule has 3 rings (SSSR count). The van der Waals surface area contributed by atoms with Gasteiger partial charge in [-0.1, -0.05) is 23.8 Å². The Balaban J connectivity index is 1.70. The molecule has 0 heterocycles. The molecule has 1 amide bonds. The molecule has 0 bridgehead atoms. The Morgan fingerprint density at radius 1 is 0.931 bits per heavy atom. The lowest BCUT2D eigenvalue weighted by Gasteiger charge is -2.10. The van der Waals surface area contributed by atoms with E-state index in [1.165, 1.54) is 60.7 Å². The van der Waals surface area contributed by atoms with Crippen molar-refractivity contribution in [3.63, 3.8) is 0 Å². The van der Waals surface area contributed by atoms with E-state index in [-0.39, 0.29) is 16.1 Å². The number of carbonyl (C=O) groups excluding carboxylic acids is 1. The number of non-ortho nitro benzene ring substituents is 1. The van der Waals surface area contributed by atoms with Gasteiger partial charge >= 0.3 is 0 Å². The lowest BCUT2D eigenvalue weighted by Crippen LogP contribution is -2.14. The third kappa shape index (κ3) is 4.96. The Morgan fingerprint density at radius 3 is 2.17 bits per heavy atom. The number of anilines is 2. The number of nitro groups is 1. The van der Waals surface area contributed by atoms with E-state index in [2.05, 4.69) is 10.0 Å². The van der Waals surface area contributed by atoms with Crippen molar-refractivity contribution in [2.45, 2.75) is 11.8 Å². The van der Waals surface area contributed by atoms with Crippen LogP contribution in [0.5, 0.6) is 0 Å². The molecule has 9 heteroatoms. The number of nitro benzene ring substituents is 1. The number of benzene rings is 3. The molecule has 2 N–H and O–H groups in total. The van der Waals surface area contributed by atoms with Crippen LogP contribution in [0.15, 0.2) is 77.7 Å². The van der Waals surface area contributed by atoms with Crippen LogP contribution in [0.1, 0.15) is 15.9 Å². The highest BCUT2D eigenvalue weighted by Crippen LogP contribution is 2.20. The molecule has 3 aromatic rings. The first-order chi connectivity index (χ1) is 13.7. The number of hydrogen-bond donors (Lipinski definition) is 2. The first-order valence-corrected chi connectivity index (χ1v) is 9.98. The van der Waals surface area contributed by atoms with E-state index in [0.29, 0.717) is 11.4 Å². The number of carbonyl (C=O) groups is 1. The zero-order chi connectivity index (χ0) is 21.0. The van der Waals surface area contributed by atoms with Crippen LogP contribution in [0.3, 0.4) is 0 Å². The molecule has 0 saturated heterocycles. The topological polar surface area (TPSA) is 118 Å². The molecule has 148 valence electrons. The van der Waals surface area contributed by atoms with Crippen molar-refractivity contribution in [1.82, 2.24) is 0 Å². The zero-order valence-electron chi connectivity index (χ0n) is 15.3. The van der Waals surface area contributed by atoms with Crippen molar-refractivity contribution >= 4 is 33.0 Å². The number of sulfonamides is 1. The highest BCUT2D eigenvalue weighted by Gasteiger charge is 2.14. The highest BCUT2D eigenvalue weighted by atomic mass is 32.2. The third-order valence-corrected chi connectivity index (χ3v) is 5.44. The summed E-state index contributed by atoms with van der Waals surface area (Å²) in [6, 6.07) is 17.9. The lowest BCUT2D eigenvalue weighted by atomic mass is 10.2. The molecular formula is C20H17N3O5S. The van der Waals surface area contributed by atoms with Gasteiger partial charge in [-0.3, -0.25) is 19.6 Å². The van der Waals surface area contributed by atoms with Gasteiger partial charge < -0.3 is 5.32 Å². The largest absolute Gasteiger partial charge is 0.322 e. The quantitative estimate of drug-likeness (QED) is 0.470. The van der Waals surface area contributed by atoms with Gasteiger partial charge in [0.25, 0.3) is 21.6 Å². The monoisotopic (exact) mass is 411 g/mol. The van der Waals surface area contributed by atoms with Crippen molar-refractivity contribution in [3.05, 3.63) is 94.0 Å². The van der Waals surface area contributed by atoms with Crippen LogP contribution in [-0.4, -0.2) is 19.2 Å². The first-order valence-electron chi connectivity index (χ1n) is 8.50. The van der Waals surface area contributed by atoms with Crippen LogP contribution in [0.2, 0.25) is 0 Å². The lowest BCUT2D eigenvalue weighted by molar-refractivity contribution is -0.384. The standard InChI is InChI=1S/C20H17N3O5S/c1-14-5-11-19(12-6-14)29(27,28)22-17-9-7-16(8-10-17)21-20(24)15-3-2-4-18(13-15)23(25)26/h2-13,22H,1H3,(H,21,24). The molecule has 29 heavy (non-hydrogen) atoms. The maximum absolute atomic E-state index is 12.4. The van der Waals surface area contributed by atoms with Crippen LogP contribution in [0.25, 0.3) is 0 Å². The highest BCUT2D eigenvalue weighted by molar-refractivity contribution is 7.92. The minimum atomic E-state index is -3.72. The number of hydrogen-bond acceptors (Lipinski definition) is 5. The Labute approximate surface area is 167 Å². The molecule has 0 saturated carbocycles. The second kappa shape index (κ2) is 8.11. The second-order valence-corrected chi connectivity index (χ2v) is 7.94. The maximum atomic E-state index is 12.4. The minimum absolute atomic E-state index is 0.142. The zero-order valence-corrected chi connectivity index (χ0v) is 16.1. The summed E-state index contributed by atoms with van der Waals surface area (Å²) < 4.78 is 27.3. The van der Waals surface area contributed by atoms with E-state index < -0.39 is 20.9 Å². The SMILES string of the molecule is Cc1ccc(S(=O)(=O)Nc2ccc(NC(=O)c3cccc([N+](=O)[O-])c3)cc2)cc1. The smallest absolute Gasteiger partial charge is 0.270 e. The van der Waals surface area contributed by atoms with E-state index in [0.717, 1.165) is 5.56 Å². The summed E-state index contributed by atoms with van der Waals surface area (Å²) in [7, 11) is -3.72. The Morgan fingerprint density at radius 2 is 1.55 bits per heavy atom. The van der Waals surface area contributed by atoms with Crippen molar-refractivity contribution in [2.24, 2.45) is 0 Å². The fraction of sp³-hybridized carbons (Fsp3) is 0.0500. The van der Waals surface area contributed by atoms with Crippen LogP contribution >= 0.6 is 0 Å². The number of rotatable bonds is 6. The predicted octanol–water partition coefficient (Wildman–Crippen LogP) is 3.96. The van der Waals surface area contributed by atoms with Gasteiger partial charge in [0.2, 0.25) is 0 Å². The molecule has 0 aliphatic rings. The molecule has 0 fully saturated rings. The normalized spacial score (nSPS) is 10.9. The van der Waals surface area contributed by atoms with Gasteiger partial charge in [-0.05, 0) is 49.4 Å². The van der Waals surface area contributed by atoms with Crippen molar-refractivity contribution in [1.29, 1.82) is 0 Å². The molecule has 0 aliphatic carbocycles. The fourth-order valence-corrected chi connectivity index (χ4v) is 3.58. The minimum Gasteiger partial charge on any atom is -0.322 e. The van der Waals surface area contributed by atoms with Gasteiger partial charge in [-0.2, -0.15) is 0 Å². The van der Waals surface area contributed by atoms with E-state index in [1.54, 1.807) is 12.1 Å². The number of nitrogens with one attached hydrogen (secondary N) is 2. The average Bonchev–Trinajstić information content (AvgIpc) is 2.69. The van der Waals surface area contributed by atoms with Gasteiger partial charge in [-0.15, -0.1) is 0 Å². The molecular weight excluding hydrogens is 394 g/mol. The number of nitrogens with zero attached hydrogens (tertiary/aromatic N) is 1. The second-order valence-electron chi connectivity index (χ2n) is 6.26. The van der Waals surface area contributed by atoms with E-state index in [1.807, 2.05) is 6.92 Å². The van der Waals surface area contributed by atoms with Crippen LogP contribution in [0.4, 0.5) is 17.1 Å². The van der Waals surface area contributed by atoms with Crippen LogP contribution < -0.4 is 10.0 Å². The summed E-state index contributed by atoms with van der Waals surface area (Å²) in [4.78, 5) is 22.7. The number of aryl methyl sites for hydroxylation is 1. The molecule has 0 aliphatic heterocycles. The van der Waals surface area contributed by atoms with E-state index in [4.69, 9.17) is 0 Å². The molecule has 3 aromatic carbocycles. The summed E-state index contributed by atoms with van der Waals surface area (Å²) in [5.41, 5.74) is 1.66. The van der Waals surface area contributed by atoms with Gasteiger partial charge in [0, 0.05) is 29.1 Å². The fourth-order valence-electron chi connectivity index (χ4n) is 2.52. The Kier molecular flexibility index (Phi) is 5.60. The molecule has 0 unspecified atom stereocenters. The number of amides is 1. The third-order valence-electron chi connectivity index (χ3n) is 4.05. The molecule has 0 aromatic heterocycles. The molecule has 0 atom stereocenters. The van der Waals surface area contributed by atoms with Gasteiger partial charge in [0.05, 0.1) is 9.82 Å². The summed E-state index contributed by atoms with van der Waals surface area (Å²) >= 11 is 0. The summed E-state index contributed by atoms with van der Waals surface area (Å²) in [5.74, 6) is -0.512. The van der Waals surface area contributed by atoms with Gasteiger partial charge in [-0.25, -0.2) is 8.42 Å². The van der Waals surface area contributed by atoms with Crippen molar-refractivity contribution in [3.8, 4) is 0 Å². The first kappa shape index (κ1) is 20.0. The van der Waals surface area contributed by atoms with Gasteiger partial charge in [0.15, 0.2) is 0 Å². The Bertz CT molecular complexity index is 1160. The van der Waals surface area contributed by atoms with E-state index >= 15 is 0 Å². The summed E-state index contributed by atoms with van der Waals surface area (Å²) in [5, 5.41) is 13.4. The van der Waals surface area contributed by atoms with Gasteiger partial charge in [0.1, 0.15) is 0 Å². The van der Waals surface area contributed by atoms with Crippen molar-refractivity contribution in [2.75, 3.05) is 10.0 Å².